The Labute approximate surface area is 79.7 Å². The summed E-state index contributed by atoms with van der Waals surface area (Å²) in [6, 6.07) is -0.187. The molecule has 0 rings (SSSR count). The molecule has 13 heavy (non-hydrogen) atoms. The minimum absolute atomic E-state index is 0.0931. The molecule has 0 saturated carbocycles. The van der Waals surface area contributed by atoms with Crippen LogP contribution in [-0.2, 0) is 0 Å². The van der Waals surface area contributed by atoms with E-state index in [1.165, 1.54) is 0 Å². The Kier molecular flexibility index (Phi) is 4.77. The summed E-state index contributed by atoms with van der Waals surface area (Å²) >= 11 is 0. The highest BCUT2D eigenvalue weighted by atomic mass is 16.3. The van der Waals surface area contributed by atoms with Crippen molar-refractivity contribution < 1.29 is 9.90 Å². The van der Waals surface area contributed by atoms with Crippen molar-refractivity contribution in [3.63, 3.8) is 0 Å². The fourth-order valence-corrected chi connectivity index (χ4v) is 0.716. The molecule has 0 aliphatic carbocycles. The Morgan fingerprint density at radius 2 is 2.00 bits per heavy atom. The summed E-state index contributed by atoms with van der Waals surface area (Å²) in [6.45, 7) is 8.22. The molecule has 3 N–H and O–H groups in total. The molecule has 0 aliphatic rings. The van der Waals surface area contributed by atoms with Crippen molar-refractivity contribution in [1.29, 1.82) is 0 Å². The Morgan fingerprint density at radius 3 is 2.38 bits per heavy atom. The summed E-state index contributed by atoms with van der Waals surface area (Å²) < 4.78 is 0. The van der Waals surface area contributed by atoms with Crippen LogP contribution in [0.2, 0.25) is 0 Å². The maximum atomic E-state index is 11.2. The van der Waals surface area contributed by atoms with Crippen LogP contribution in [-0.4, -0.2) is 29.8 Å². The van der Waals surface area contributed by atoms with Crippen molar-refractivity contribution in [2.75, 3.05) is 13.2 Å². The smallest absolute Gasteiger partial charge is 0.315 e. The third kappa shape index (κ3) is 7.59. The number of nitrogens with one attached hydrogen (secondary N) is 2. The van der Waals surface area contributed by atoms with Crippen LogP contribution in [0.5, 0.6) is 0 Å². The number of hydrogen-bond donors (Lipinski definition) is 3. The van der Waals surface area contributed by atoms with Gasteiger partial charge in [-0.2, -0.15) is 0 Å². The molecule has 0 aromatic carbocycles. The van der Waals surface area contributed by atoms with Gasteiger partial charge < -0.3 is 15.7 Å². The van der Waals surface area contributed by atoms with Gasteiger partial charge in [-0.05, 0) is 26.7 Å². The van der Waals surface area contributed by atoms with E-state index in [0.29, 0.717) is 6.54 Å². The molecule has 0 fully saturated rings. The fraction of sp³-hybridized carbons (Fsp3) is 0.889. The first-order chi connectivity index (χ1) is 5.85. The van der Waals surface area contributed by atoms with Gasteiger partial charge in [0.1, 0.15) is 0 Å². The number of rotatable bonds is 3. The van der Waals surface area contributed by atoms with Crippen LogP contribution in [0, 0.1) is 5.92 Å². The number of aliphatic hydroxyl groups is 1. The standard InChI is InChI=1S/C9H20N2O2/c1-7(6-12)5-10-8(13)11-9(2,3)4/h7,12H,5-6H2,1-4H3,(H2,10,11,13). The van der Waals surface area contributed by atoms with Gasteiger partial charge >= 0.3 is 6.03 Å². The monoisotopic (exact) mass is 188 g/mol. The van der Waals surface area contributed by atoms with Gasteiger partial charge in [0.2, 0.25) is 0 Å². The quantitative estimate of drug-likeness (QED) is 0.611. The first-order valence-electron chi connectivity index (χ1n) is 4.52. The Hall–Kier alpha value is -0.770. The topological polar surface area (TPSA) is 61.4 Å². The molecule has 0 bridgehead atoms. The molecule has 0 spiro atoms. The Morgan fingerprint density at radius 1 is 1.46 bits per heavy atom. The van der Waals surface area contributed by atoms with E-state index in [-0.39, 0.29) is 24.1 Å². The van der Waals surface area contributed by atoms with Gasteiger partial charge in [-0.3, -0.25) is 0 Å². The van der Waals surface area contributed by atoms with Crippen LogP contribution >= 0.6 is 0 Å². The molecular formula is C9H20N2O2. The largest absolute Gasteiger partial charge is 0.396 e. The second-order valence-corrected chi connectivity index (χ2v) is 4.37. The van der Waals surface area contributed by atoms with Crippen molar-refractivity contribution in [2.24, 2.45) is 5.92 Å². The number of aliphatic hydroxyl groups excluding tert-OH is 1. The highest BCUT2D eigenvalue weighted by molar-refractivity contribution is 5.74. The molecule has 78 valence electrons. The molecule has 0 heterocycles. The normalized spacial score (nSPS) is 13.6. The van der Waals surface area contributed by atoms with Gasteiger partial charge in [0.25, 0.3) is 0 Å². The highest BCUT2D eigenvalue weighted by Gasteiger charge is 2.13. The van der Waals surface area contributed by atoms with E-state index >= 15 is 0 Å². The number of carbonyl (C=O) groups is 1. The minimum Gasteiger partial charge on any atom is -0.396 e. The van der Waals surface area contributed by atoms with Crippen molar-refractivity contribution in [1.82, 2.24) is 10.6 Å². The maximum Gasteiger partial charge on any atom is 0.315 e. The molecule has 0 saturated heterocycles. The zero-order valence-electron chi connectivity index (χ0n) is 8.85. The summed E-state index contributed by atoms with van der Waals surface area (Å²) in [5, 5.41) is 14.2. The van der Waals surface area contributed by atoms with Crippen LogP contribution in [0.25, 0.3) is 0 Å². The lowest BCUT2D eigenvalue weighted by molar-refractivity contribution is 0.217. The molecule has 0 aromatic heterocycles. The van der Waals surface area contributed by atoms with Gasteiger partial charge in [0, 0.05) is 18.7 Å². The van der Waals surface area contributed by atoms with Crippen LogP contribution in [0.1, 0.15) is 27.7 Å². The lowest BCUT2D eigenvalue weighted by atomic mass is 10.1. The number of amides is 2. The molecule has 2 amide bonds. The molecule has 0 aliphatic heterocycles. The summed E-state index contributed by atoms with van der Waals surface area (Å²) in [5.74, 6) is 0.103. The lowest BCUT2D eigenvalue weighted by Crippen LogP contribution is -2.47. The Bertz CT molecular complexity index is 163. The summed E-state index contributed by atoms with van der Waals surface area (Å²) in [4.78, 5) is 11.2. The minimum atomic E-state index is -0.216. The summed E-state index contributed by atoms with van der Waals surface area (Å²) in [6.07, 6.45) is 0. The van der Waals surface area contributed by atoms with Crippen molar-refractivity contribution in [2.45, 2.75) is 33.2 Å². The first kappa shape index (κ1) is 12.2. The second kappa shape index (κ2) is 5.07. The van der Waals surface area contributed by atoms with Gasteiger partial charge in [-0.25, -0.2) is 4.79 Å². The summed E-state index contributed by atoms with van der Waals surface area (Å²) in [5.41, 5.74) is -0.216. The van der Waals surface area contributed by atoms with Crippen LogP contribution in [0.3, 0.4) is 0 Å². The number of hydrogen-bond acceptors (Lipinski definition) is 2. The van der Waals surface area contributed by atoms with E-state index < -0.39 is 0 Å². The molecule has 1 unspecified atom stereocenters. The van der Waals surface area contributed by atoms with E-state index in [4.69, 9.17) is 5.11 Å². The number of urea groups is 1. The van der Waals surface area contributed by atoms with Crippen LogP contribution < -0.4 is 10.6 Å². The van der Waals surface area contributed by atoms with Gasteiger partial charge in [0.15, 0.2) is 0 Å². The third-order valence-corrected chi connectivity index (χ3v) is 1.41. The second-order valence-electron chi connectivity index (χ2n) is 4.37. The first-order valence-corrected chi connectivity index (χ1v) is 4.52. The fourth-order valence-electron chi connectivity index (χ4n) is 0.716. The zero-order chi connectivity index (χ0) is 10.5. The summed E-state index contributed by atoms with van der Waals surface area (Å²) in [7, 11) is 0. The van der Waals surface area contributed by atoms with Gasteiger partial charge in [-0.1, -0.05) is 6.92 Å². The lowest BCUT2D eigenvalue weighted by Gasteiger charge is -2.21. The van der Waals surface area contributed by atoms with E-state index in [1.54, 1.807) is 0 Å². The maximum absolute atomic E-state index is 11.2. The third-order valence-electron chi connectivity index (χ3n) is 1.41. The average molecular weight is 188 g/mol. The molecule has 4 heteroatoms. The predicted molar refractivity (Wildman–Crippen MR) is 52.5 cm³/mol. The average Bonchev–Trinajstić information content (AvgIpc) is 1.97. The molecule has 0 radical (unpaired) electrons. The molecule has 0 aromatic rings. The van der Waals surface area contributed by atoms with E-state index in [1.807, 2.05) is 27.7 Å². The van der Waals surface area contributed by atoms with Gasteiger partial charge in [-0.15, -0.1) is 0 Å². The predicted octanol–water partition coefficient (Wildman–Crippen LogP) is 0.712. The molecule has 1 atom stereocenters. The van der Waals surface area contributed by atoms with Crippen molar-refractivity contribution in [3.8, 4) is 0 Å². The Balaban J connectivity index is 3.64. The van der Waals surface area contributed by atoms with Crippen molar-refractivity contribution in [3.05, 3.63) is 0 Å². The van der Waals surface area contributed by atoms with Crippen molar-refractivity contribution >= 4 is 6.03 Å². The molecule has 4 nitrogen and oxygen atoms in total. The van der Waals surface area contributed by atoms with Gasteiger partial charge in [0.05, 0.1) is 0 Å². The van der Waals surface area contributed by atoms with E-state index in [9.17, 15) is 4.79 Å². The van der Waals surface area contributed by atoms with Crippen LogP contribution in [0.4, 0.5) is 4.79 Å². The SMILES string of the molecule is CC(CO)CNC(=O)NC(C)(C)C. The highest BCUT2D eigenvalue weighted by Crippen LogP contribution is 1.97. The van der Waals surface area contributed by atoms with Crippen LogP contribution in [0.15, 0.2) is 0 Å². The van der Waals surface area contributed by atoms with E-state index in [2.05, 4.69) is 10.6 Å². The number of carbonyl (C=O) groups excluding carboxylic acids is 1. The molecular weight excluding hydrogens is 168 g/mol. The zero-order valence-corrected chi connectivity index (χ0v) is 8.85. The van der Waals surface area contributed by atoms with E-state index in [0.717, 1.165) is 0 Å².